The number of nitrogens with zero attached hydrogens (tertiary/aromatic N) is 1. The summed E-state index contributed by atoms with van der Waals surface area (Å²) in [4.78, 5) is 4.25. The zero-order valence-corrected chi connectivity index (χ0v) is 12.5. The molecule has 0 saturated carbocycles. The molecule has 1 heterocycles. The molecule has 3 nitrogen and oxygen atoms in total. The van der Waals surface area contributed by atoms with Crippen LogP contribution in [0.15, 0.2) is 47.1 Å². The average molecular weight is 342 g/mol. The standard InChI is InChI=1S/C14H14BrClN2O/c15-11-5-3-4-9(13(11)16)14(19)10(8-17)12-6-1-2-7-18-12/h1-7,10,14,19H,8,17H2. The Hall–Kier alpha value is -0.940. The maximum atomic E-state index is 10.5. The molecule has 2 unspecified atom stereocenters. The molecule has 0 saturated heterocycles. The van der Waals surface area contributed by atoms with Crippen LogP contribution in [0.3, 0.4) is 0 Å². The van der Waals surface area contributed by atoms with Crippen molar-refractivity contribution >= 4 is 27.5 Å². The van der Waals surface area contributed by atoms with Crippen LogP contribution < -0.4 is 5.73 Å². The van der Waals surface area contributed by atoms with Gasteiger partial charge in [0.25, 0.3) is 0 Å². The number of aliphatic hydroxyl groups is 1. The smallest absolute Gasteiger partial charge is 0.0900 e. The van der Waals surface area contributed by atoms with E-state index in [4.69, 9.17) is 17.3 Å². The van der Waals surface area contributed by atoms with Crippen molar-refractivity contribution in [2.24, 2.45) is 5.73 Å². The molecule has 2 atom stereocenters. The van der Waals surface area contributed by atoms with E-state index >= 15 is 0 Å². The third kappa shape index (κ3) is 3.15. The van der Waals surface area contributed by atoms with E-state index < -0.39 is 6.10 Å². The first kappa shape index (κ1) is 14.5. The number of pyridine rings is 1. The molecule has 0 aliphatic carbocycles. The molecule has 0 aliphatic rings. The van der Waals surface area contributed by atoms with E-state index in [-0.39, 0.29) is 5.92 Å². The van der Waals surface area contributed by atoms with Gasteiger partial charge in [0.2, 0.25) is 0 Å². The second-order valence-corrected chi connectivity index (χ2v) is 5.42. The molecule has 0 fully saturated rings. The van der Waals surface area contributed by atoms with Crippen LogP contribution in [0.2, 0.25) is 5.02 Å². The Labute approximate surface area is 125 Å². The molecule has 2 rings (SSSR count). The Bertz CT molecular complexity index is 550. The number of aliphatic hydroxyl groups excluding tert-OH is 1. The van der Waals surface area contributed by atoms with E-state index in [1.54, 1.807) is 12.3 Å². The highest BCUT2D eigenvalue weighted by Crippen LogP contribution is 2.36. The minimum Gasteiger partial charge on any atom is -0.388 e. The molecule has 0 aliphatic heterocycles. The highest BCUT2D eigenvalue weighted by atomic mass is 79.9. The topological polar surface area (TPSA) is 59.1 Å². The molecule has 0 bridgehead atoms. The van der Waals surface area contributed by atoms with Crippen LogP contribution in [0, 0.1) is 0 Å². The molecule has 100 valence electrons. The summed E-state index contributed by atoms with van der Waals surface area (Å²) in [6, 6.07) is 11.0. The lowest BCUT2D eigenvalue weighted by molar-refractivity contribution is 0.146. The second-order valence-electron chi connectivity index (χ2n) is 4.18. The summed E-state index contributed by atoms with van der Waals surface area (Å²) < 4.78 is 0.752. The van der Waals surface area contributed by atoms with E-state index in [9.17, 15) is 5.11 Å². The van der Waals surface area contributed by atoms with Crippen molar-refractivity contribution in [3.05, 3.63) is 63.3 Å². The molecule has 19 heavy (non-hydrogen) atoms. The van der Waals surface area contributed by atoms with Crippen LogP contribution in [0.25, 0.3) is 0 Å². The second kappa shape index (κ2) is 6.48. The van der Waals surface area contributed by atoms with Crippen LogP contribution in [-0.4, -0.2) is 16.6 Å². The molecule has 0 amide bonds. The highest BCUT2D eigenvalue weighted by molar-refractivity contribution is 9.10. The van der Waals surface area contributed by atoms with Gasteiger partial charge in [-0.05, 0) is 34.1 Å². The highest BCUT2D eigenvalue weighted by Gasteiger charge is 2.24. The summed E-state index contributed by atoms with van der Waals surface area (Å²) in [7, 11) is 0. The van der Waals surface area contributed by atoms with Crippen molar-refractivity contribution in [1.29, 1.82) is 0 Å². The van der Waals surface area contributed by atoms with Crippen molar-refractivity contribution in [3.8, 4) is 0 Å². The summed E-state index contributed by atoms with van der Waals surface area (Å²) in [5.41, 5.74) is 7.18. The Morgan fingerprint density at radius 2 is 2.05 bits per heavy atom. The van der Waals surface area contributed by atoms with E-state index in [2.05, 4.69) is 20.9 Å². The Kier molecular flexibility index (Phi) is 4.93. The van der Waals surface area contributed by atoms with Crippen LogP contribution >= 0.6 is 27.5 Å². The zero-order valence-electron chi connectivity index (χ0n) is 10.1. The monoisotopic (exact) mass is 340 g/mol. The van der Waals surface area contributed by atoms with Gasteiger partial charge >= 0.3 is 0 Å². The van der Waals surface area contributed by atoms with Crippen molar-refractivity contribution in [2.75, 3.05) is 6.54 Å². The maximum Gasteiger partial charge on any atom is 0.0900 e. The van der Waals surface area contributed by atoms with E-state index in [1.165, 1.54) is 0 Å². The Balaban J connectivity index is 2.36. The first-order valence-electron chi connectivity index (χ1n) is 5.88. The van der Waals surface area contributed by atoms with E-state index in [0.29, 0.717) is 17.1 Å². The summed E-state index contributed by atoms with van der Waals surface area (Å²) in [6.07, 6.45) is 0.901. The van der Waals surface area contributed by atoms with Gasteiger partial charge in [-0.15, -0.1) is 0 Å². The molecule has 3 N–H and O–H groups in total. The van der Waals surface area contributed by atoms with Gasteiger partial charge < -0.3 is 10.8 Å². The third-order valence-electron chi connectivity index (χ3n) is 3.00. The number of hydrogen-bond acceptors (Lipinski definition) is 3. The molecule has 1 aromatic carbocycles. The van der Waals surface area contributed by atoms with Gasteiger partial charge in [-0.3, -0.25) is 4.98 Å². The maximum absolute atomic E-state index is 10.5. The zero-order chi connectivity index (χ0) is 13.8. The third-order valence-corrected chi connectivity index (χ3v) is 4.31. The van der Waals surface area contributed by atoms with Gasteiger partial charge in [-0.1, -0.05) is 29.8 Å². The molecule has 1 aromatic heterocycles. The van der Waals surface area contributed by atoms with Gasteiger partial charge in [-0.25, -0.2) is 0 Å². The normalized spacial score (nSPS) is 14.1. The molecule has 0 radical (unpaired) electrons. The van der Waals surface area contributed by atoms with Gasteiger partial charge in [0.15, 0.2) is 0 Å². The number of nitrogens with two attached hydrogens (primary N) is 1. The molecule has 0 spiro atoms. The predicted octanol–water partition coefficient (Wildman–Crippen LogP) is 3.27. The van der Waals surface area contributed by atoms with Crippen molar-refractivity contribution in [1.82, 2.24) is 4.98 Å². The van der Waals surface area contributed by atoms with E-state index in [1.807, 2.05) is 30.3 Å². The molecular formula is C14H14BrClN2O. The van der Waals surface area contributed by atoms with Gasteiger partial charge in [0.05, 0.1) is 11.1 Å². The number of halogens is 2. The van der Waals surface area contributed by atoms with Crippen LogP contribution in [-0.2, 0) is 0 Å². The van der Waals surface area contributed by atoms with Crippen molar-refractivity contribution < 1.29 is 5.11 Å². The first-order valence-corrected chi connectivity index (χ1v) is 7.05. The van der Waals surface area contributed by atoms with Gasteiger partial charge in [0.1, 0.15) is 0 Å². The van der Waals surface area contributed by atoms with Crippen LogP contribution in [0.4, 0.5) is 0 Å². The average Bonchev–Trinajstić information content (AvgIpc) is 2.44. The summed E-state index contributed by atoms with van der Waals surface area (Å²) in [5.74, 6) is -0.284. The summed E-state index contributed by atoms with van der Waals surface area (Å²) in [5, 5.41) is 11.0. The molecule has 2 aromatic rings. The van der Waals surface area contributed by atoms with Crippen LogP contribution in [0.5, 0.6) is 0 Å². The Morgan fingerprint density at radius 3 is 2.68 bits per heavy atom. The summed E-state index contributed by atoms with van der Waals surface area (Å²) in [6.45, 7) is 0.293. The van der Waals surface area contributed by atoms with Gasteiger partial charge in [0, 0.05) is 34.4 Å². The number of hydrogen-bond donors (Lipinski definition) is 2. The molecular weight excluding hydrogens is 328 g/mol. The lowest BCUT2D eigenvalue weighted by Gasteiger charge is -2.22. The lowest BCUT2D eigenvalue weighted by atomic mass is 9.92. The molecule has 5 heteroatoms. The number of rotatable bonds is 4. The van der Waals surface area contributed by atoms with Gasteiger partial charge in [-0.2, -0.15) is 0 Å². The minimum atomic E-state index is -0.787. The van der Waals surface area contributed by atoms with Crippen molar-refractivity contribution in [2.45, 2.75) is 12.0 Å². The fourth-order valence-electron chi connectivity index (χ4n) is 1.97. The van der Waals surface area contributed by atoms with E-state index in [0.717, 1.165) is 10.2 Å². The minimum absolute atomic E-state index is 0.284. The fourth-order valence-corrected chi connectivity index (χ4v) is 2.59. The Morgan fingerprint density at radius 1 is 1.26 bits per heavy atom. The lowest BCUT2D eigenvalue weighted by Crippen LogP contribution is -2.21. The van der Waals surface area contributed by atoms with Crippen LogP contribution in [0.1, 0.15) is 23.3 Å². The quantitative estimate of drug-likeness (QED) is 0.897. The SMILES string of the molecule is NCC(c1ccccn1)C(O)c1cccc(Br)c1Cl. The first-order chi connectivity index (χ1) is 9.15. The van der Waals surface area contributed by atoms with Crippen molar-refractivity contribution in [3.63, 3.8) is 0 Å². The fraction of sp³-hybridized carbons (Fsp3) is 0.214. The number of benzene rings is 1. The largest absolute Gasteiger partial charge is 0.388 e. The predicted molar refractivity (Wildman–Crippen MR) is 80.1 cm³/mol. The summed E-state index contributed by atoms with van der Waals surface area (Å²) >= 11 is 9.56. The number of aromatic nitrogens is 1.